The summed E-state index contributed by atoms with van der Waals surface area (Å²) in [5.74, 6) is -1.14. The minimum Gasteiger partial charge on any atom is -0.349 e. The molecule has 0 saturated carbocycles. The van der Waals surface area contributed by atoms with E-state index in [1.54, 1.807) is 24.1 Å². The molecule has 0 bridgehead atoms. The van der Waals surface area contributed by atoms with E-state index in [0.717, 1.165) is 11.4 Å². The predicted molar refractivity (Wildman–Crippen MR) is 101 cm³/mol. The fourth-order valence-electron chi connectivity index (χ4n) is 2.97. The number of amides is 3. The Morgan fingerprint density at radius 2 is 1.93 bits per heavy atom. The number of nitrogens with zero attached hydrogens (tertiary/aromatic N) is 2. The van der Waals surface area contributed by atoms with Crippen molar-refractivity contribution in [2.45, 2.75) is 25.9 Å². The highest BCUT2D eigenvalue weighted by Gasteiger charge is 2.35. The lowest BCUT2D eigenvalue weighted by molar-refractivity contribution is -0.131. The molecule has 3 amide bonds. The number of rotatable bonds is 6. The van der Waals surface area contributed by atoms with Gasteiger partial charge in [0.15, 0.2) is 0 Å². The van der Waals surface area contributed by atoms with Crippen molar-refractivity contribution >= 4 is 23.4 Å². The molecule has 140 valence electrons. The summed E-state index contributed by atoms with van der Waals surface area (Å²) in [5.41, 5.74) is 1.52. The van der Waals surface area contributed by atoms with Gasteiger partial charge in [-0.05, 0) is 31.2 Å². The van der Waals surface area contributed by atoms with Gasteiger partial charge in [0.1, 0.15) is 6.04 Å². The summed E-state index contributed by atoms with van der Waals surface area (Å²) in [6.07, 6.45) is 1.80. The van der Waals surface area contributed by atoms with Crippen LogP contribution in [-0.4, -0.2) is 35.3 Å². The van der Waals surface area contributed by atoms with Crippen LogP contribution in [0.5, 0.6) is 0 Å². The average Bonchev–Trinajstić information content (AvgIpc) is 3.09. The van der Waals surface area contributed by atoms with Gasteiger partial charge in [-0.15, -0.1) is 0 Å². The molecule has 1 fully saturated rings. The van der Waals surface area contributed by atoms with Crippen LogP contribution in [0.25, 0.3) is 0 Å². The first kappa shape index (κ1) is 18.6. The number of carbonyl (C=O) groups excluding carboxylic acids is 3. The van der Waals surface area contributed by atoms with Crippen molar-refractivity contribution in [3.8, 4) is 0 Å². The van der Waals surface area contributed by atoms with Crippen molar-refractivity contribution in [3.05, 3.63) is 60.4 Å². The number of hydrogen-bond acceptors (Lipinski definition) is 4. The minimum atomic E-state index is -0.693. The Kier molecular flexibility index (Phi) is 5.80. The summed E-state index contributed by atoms with van der Waals surface area (Å²) < 4.78 is 0. The number of hydrogen-bond donors (Lipinski definition) is 2. The second kappa shape index (κ2) is 8.44. The van der Waals surface area contributed by atoms with Crippen LogP contribution in [0.1, 0.15) is 19.0 Å². The van der Waals surface area contributed by atoms with Crippen LogP contribution in [0.3, 0.4) is 0 Å². The standard InChI is InChI=1S/C20H22N4O3/c1-14(19(26)22-12-16-7-5-6-10-21-16)23-20(27)15-11-18(25)24(13-15)17-8-3-2-4-9-17/h2-10,14-15H,11-13H2,1H3,(H,22,26)(H,23,27). The van der Waals surface area contributed by atoms with Crippen LogP contribution in [0.4, 0.5) is 5.69 Å². The van der Waals surface area contributed by atoms with Gasteiger partial charge in [-0.25, -0.2) is 0 Å². The zero-order valence-electron chi connectivity index (χ0n) is 15.1. The first-order valence-corrected chi connectivity index (χ1v) is 8.88. The fraction of sp³-hybridized carbons (Fsp3) is 0.300. The molecule has 3 rings (SSSR count). The number of pyridine rings is 1. The molecule has 1 saturated heterocycles. The molecule has 2 N–H and O–H groups in total. The van der Waals surface area contributed by atoms with Gasteiger partial charge in [0.25, 0.3) is 0 Å². The largest absolute Gasteiger partial charge is 0.349 e. The van der Waals surface area contributed by atoms with Crippen LogP contribution in [0.2, 0.25) is 0 Å². The van der Waals surface area contributed by atoms with Crippen molar-refractivity contribution in [3.63, 3.8) is 0 Å². The number of anilines is 1. The highest BCUT2D eigenvalue weighted by molar-refractivity contribution is 6.01. The molecule has 0 radical (unpaired) electrons. The third-order valence-electron chi connectivity index (χ3n) is 4.49. The van der Waals surface area contributed by atoms with Gasteiger partial charge in [-0.3, -0.25) is 19.4 Å². The van der Waals surface area contributed by atoms with Gasteiger partial charge in [0, 0.05) is 24.8 Å². The van der Waals surface area contributed by atoms with E-state index in [9.17, 15) is 14.4 Å². The van der Waals surface area contributed by atoms with Crippen molar-refractivity contribution in [2.75, 3.05) is 11.4 Å². The zero-order chi connectivity index (χ0) is 19.2. The maximum absolute atomic E-state index is 12.5. The Bertz CT molecular complexity index is 810. The summed E-state index contributed by atoms with van der Waals surface area (Å²) in [4.78, 5) is 42.6. The topological polar surface area (TPSA) is 91.4 Å². The van der Waals surface area contributed by atoms with E-state index >= 15 is 0 Å². The first-order chi connectivity index (χ1) is 13.0. The molecule has 27 heavy (non-hydrogen) atoms. The monoisotopic (exact) mass is 366 g/mol. The average molecular weight is 366 g/mol. The molecule has 0 aliphatic carbocycles. The van der Waals surface area contributed by atoms with Gasteiger partial charge in [0.05, 0.1) is 18.2 Å². The van der Waals surface area contributed by atoms with Crippen molar-refractivity contribution < 1.29 is 14.4 Å². The lowest BCUT2D eigenvalue weighted by Gasteiger charge is -2.18. The molecular formula is C20H22N4O3. The van der Waals surface area contributed by atoms with E-state index in [-0.39, 0.29) is 24.1 Å². The summed E-state index contributed by atoms with van der Waals surface area (Å²) in [6.45, 7) is 2.23. The van der Waals surface area contributed by atoms with Gasteiger partial charge in [-0.1, -0.05) is 24.3 Å². The van der Waals surface area contributed by atoms with E-state index in [1.165, 1.54) is 0 Å². The van der Waals surface area contributed by atoms with Crippen molar-refractivity contribution in [1.82, 2.24) is 15.6 Å². The summed E-state index contributed by atoms with van der Waals surface area (Å²) in [7, 11) is 0. The smallest absolute Gasteiger partial charge is 0.242 e. The van der Waals surface area contributed by atoms with Gasteiger partial charge < -0.3 is 15.5 Å². The molecule has 1 aromatic heterocycles. The number of carbonyl (C=O) groups is 3. The Morgan fingerprint density at radius 1 is 1.19 bits per heavy atom. The van der Waals surface area contributed by atoms with Crippen LogP contribution in [0.15, 0.2) is 54.7 Å². The van der Waals surface area contributed by atoms with Gasteiger partial charge in [0.2, 0.25) is 17.7 Å². The molecular weight excluding hydrogens is 344 g/mol. The maximum Gasteiger partial charge on any atom is 0.242 e. The van der Waals surface area contributed by atoms with Gasteiger partial charge in [-0.2, -0.15) is 0 Å². The van der Waals surface area contributed by atoms with Crippen molar-refractivity contribution in [2.24, 2.45) is 5.92 Å². The Morgan fingerprint density at radius 3 is 2.63 bits per heavy atom. The van der Waals surface area contributed by atoms with E-state index in [4.69, 9.17) is 0 Å². The van der Waals surface area contributed by atoms with Crippen LogP contribution >= 0.6 is 0 Å². The number of nitrogens with one attached hydrogen (secondary N) is 2. The highest BCUT2D eigenvalue weighted by atomic mass is 16.2. The summed E-state index contributed by atoms with van der Waals surface area (Å²) in [5, 5.41) is 5.44. The molecule has 0 spiro atoms. The first-order valence-electron chi connectivity index (χ1n) is 8.88. The molecule has 7 heteroatoms. The van der Waals surface area contributed by atoms with Crippen molar-refractivity contribution in [1.29, 1.82) is 0 Å². The molecule has 2 atom stereocenters. The second-order valence-electron chi connectivity index (χ2n) is 6.51. The molecule has 2 unspecified atom stereocenters. The van der Waals surface area contributed by atoms with E-state index in [2.05, 4.69) is 15.6 Å². The SMILES string of the molecule is CC(NC(=O)C1CC(=O)N(c2ccccc2)C1)C(=O)NCc1ccccn1. The maximum atomic E-state index is 12.5. The fourth-order valence-corrected chi connectivity index (χ4v) is 2.97. The van der Waals surface area contributed by atoms with Gasteiger partial charge >= 0.3 is 0 Å². The lowest BCUT2D eigenvalue weighted by atomic mass is 10.1. The minimum absolute atomic E-state index is 0.0893. The number of benzene rings is 1. The number of para-hydroxylation sites is 1. The quantitative estimate of drug-likeness (QED) is 0.805. The third-order valence-corrected chi connectivity index (χ3v) is 4.49. The molecule has 7 nitrogen and oxygen atoms in total. The number of aromatic nitrogens is 1. The molecule has 1 aliphatic heterocycles. The Labute approximate surface area is 157 Å². The highest BCUT2D eigenvalue weighted by Crippen LogP contribution is 2.24. The normalized spacial score (nSPS) is 17.4. The lowest BCUT2D eigenvalue weighted by Crippen LogP contribution is -2.47. The summed E-state index contributed by atoms with van der Waals surface area (Å²) in [6, 6.07) is 14.0. The molecule has 2 heterocycles. The van der Waals surface area contributed by atoms with Crippen LogP contribution in [0, 0.1) is 5.92 Å². The third kappa shape index (κ3) is 4.69. The van der Waals surface area contributed by atoms with Crippen LogP contribution < -0.4 is 15.5 Å². The summed E-state index contributed by atoms with van der Waals surface area (Å²) >= 11 is 0. The van der Waals surface area contributed by atoms with E-state index < -0.39 is 12.0 Å². The Hall–Kier alpha value is -3.22. The second-order valence-corrected chi connectivity index (χ2v) is 6.51. The van der Waals surface area contributed by atoms with E-state index in [1.807, 2.05) is 42.5 Å². The molecule has 1 aromatic carbocycles. The molecule has 2 aromatic rings. The van der Waals surface area contributed by atoms with E-state index in [0.29, 0.717) is 13.1 Å². The van der Waals surface area contributed by atoms with Crippen LogP contribution in [-0.2, 0) is 20.9 Å². The Balaban J connectivity index is 1.51. The zero-order valence-corrected chi connectivity index (χ0v) is 15.1. The molecule has 1 aliphatic rings. The predicted octanol–water partition coefficient (Wildman–Crippen LogP) is 1.26.